The molecule has 2 aliphatic heterocycles. The van der Waals surface area contributed by atoms with Gasteiger partial charge in [0.25, 0.3) is 11.4 Å². The molecule has 0 aromatic carbocycles. The molecule has 1 saturated heterocycles. The average Bonchev–Trinajstić information content (AvgIpc) is 2.97. The second kappa shape index (κ2) is 7.47. The fourth-order valence-electron chi connectivity index (χ4n) is 3.01. The first-order valence-corrected chi connectivity index (χ1v) is 8.52. The Morgan fingerprint density at radius 3 is 2.92 bits per heavy atom. The monoisotopic (exact) mass is 360 g/mol. The number of carbonyl (C=O) groups is 1. The lowest BCUT2D eigenvalue weighted by atomic mass is 9.46. The van der Waals surface area contributed by atoms with Gasteiger partial charge in [0.2, 0.25) is 0 Å². The maximum atomic E-state index is 12.1. The van der Waals surface area contributed by atoms with Gasteiger partial charge in [0, 0.05) is 18.2 Å². The summed E-state index contributed by atoms with van der Waals surface area (Å²) >= 11 is 0. The molecule has 1 aromatic heterocycles. The van der Waals surface area contributed by atoms with E-state index in [9.17, 15) is 19.5 Å². The zero-order valence-electron chi connectivity index (χ0n) is 14.7. The Kier molecular flexibility index (Phi) is 5.29. The summed E-state index contributed by atoms with van der Waals surface area (Å²) in [6, 6.07) is 0. The van der Waals surface area contributed by atoms with Gasteiger partial charge >= 0.3 is 12.4 Å². The maximum absolute atomic E-state index is 12.1. The quantitative estimate of drug-likeness (QED) is 0.767. The highest BCUT2D eigenvalue weighted by Gasteiger charge is 2.37. The Morgan fingerprint density at radius 2 is 2.23 bits per heavy atom. The first-order chi connectivity index (χ1) is 12.3. The molecule has 3 atom stereocenters. The van der Waals surface area contributed by atoms with Crippen LogP contribution in [-0.4, -0.2) is 46.1 Å². The standard InChI is InChI=1S/C17H21BN2O6/c1-10-3-5-18(6-4-10)16(23)25-9-13-12(21)7-14(26-13)20-8-11(2)15(22)19-17(20)24/h3-5,8,12-14,21H,6-7,9H2,1-2H3,(H,19,22,24)/t12-,13+,14+/m0/s1. The van der Waals surface area contributed by atoms with Crippen LogP contribution in [0.1, 0.15) is 25.1 Å². The number of aliphatic hydroxyl groups is 1. The van der Waals surface area contributed by atoms with E-state index in [0.717, 1.165) is 5.57 Å². The highest BCUT2D eigenvalue weighted by molar-refractivity contribution is 6.92. The van der Waals surface area contributed by atoms with E-state index >= 15 is 0 Å². The van der Waals surface area contributed by atoms with Crippen LogP contribution >= 0.6 is 0 Å². The number of allylic oxidation sites excluding steroid dienone is 3. The summed E-state index contributed by atoms with van der Waals surface area (Å²) in [6.07, 6.45) is 3.66. The number of ether oxygens (including phenoxy) is 2. The normalized spacial score (nSPS) is 25.3. The van der Waals surface area contributed by atoms with Crippen LogP contribution in [0.15, 0.2) is 39.5 Å². The molecule has 3 rings (SSSR count). The number of nitrogens with zero attached hydrogens (tertiary/aromatic N) is 1. The summed E-state index contributed by atoms with van der Waals surface area (Å²) in [5, 5.41) is 10.2. The minimum absolute atomic E-state index is 0.0966. The Hall–Kier alpha value is -2.39. The topological polar surface area (TPSA) is 111 Å². The van der Waals surface area contributed by atoms with Crippen LogP contribution in [0.2, 0.25) is 6.32 Å². The number of aromatic nitrogens is 2. The van der Waals surface area contributed by atoms with Gasteiger partial charge < -0.3 is 14.6 Å². The number of aromatic amines is 1. The van der Waals surface area contributed by atoms with E-state index in [1.165, 1.54) is 10.8 Å². The molecule has 3 heterocycles. The first kappa shape index (κ1) is 18.4. The molecule has 0 amide bonds. The maximum Gasteiger partial charge on any atom is 0.330 e. The molecule has 0 spiro atoms. The first-order valence-electron chi connectivity index (χ1n) is 8.52. The van der Waals surface area contributed by atoms with Crippen molar-refractivity contribution in [2.75, 3.05) is 6.61 Å². The fourth-order valence-corrected chi connectivity index (χ4v) is 3.01. The van der Waals surface area contributed by atoms with Crippen molar-refractivity contribution in [1.29, 1.82) is 0 Å². The van der Waals surface area contributed by atoms with Crippen molar-refractivity contribution < 1.29 is 19.4 Å². The number of hydrogen-bond acceptors (Lipinski definition) is 6. The zero-order chi connectivity index (χ0) is 18.8. The second-order valence-corrected chi connectivity index (χ2v) is 6.69. The smallest absolute Gasteiger partial charge is 0.330 e. The highest BCUT2D eigenvalue weighted by atomic mass is 16.6. The molecule has 2 N–H and O–H groups in total. The lowest BCUT2D eigenvalue weighted by Gasteiger charge is -2.18. The van der Waals surface area contributed by atoms with Crippen LogP contribution in [0, 0.1) is 6.92 Å². The van der Waals surface area contributed by atoms with Crippen molar-refractivity contribution in [1.82, 2.24) is 9.55 Å². The molecule has 26 heavy (non-hydrogen) atoms. The SMILES string of the molecule is CC1=CCB(C(=O)OC[C@H]2O[C@@H](n3cc(C)c(=O)[nH]c3=O)C[C@@H]2O)C=C1. The molecule has 1 aromatic rings. The number of rotatable bonds is 4. The van der Waals surface area contributed by atoms with Gasteiger partial charge in [-0.05, 0) is 20.2 Å². The van der Waals surface area contributed by atoms with Crippen LogP contribution in [0.5, 0.6) is 0 Å². The third-order valence-corrected chi connectivity index (χ3v) is 4.64. The number of H-pyrrole nitrogens is 1. The Labute approximate surface area is 150 Å². The summed E-state index contributed by atoms with van der Waals surface area (Å²) in [6.45, 7) is 3.10. The van der Waals surface area contributed by atoms with Gasteiger partial charge in [-0.2, -0.15) is 0 Å². The molecule has 1 fully saturated rings. The van der Waals surface area contributed by atoms with Gasteiger partial charge in [-0.15, -0.1) is 5.98 Å². The average molecular weight is 360 g/mol. The van der Waals surface area contributed by atoms with Crippen molar-refractivity contribution in [2.45, 2.75) is 45.0 Å². The van der Waals surface area contributed by atoms with Crippen LogP contribution in [0.3, 0.4) is 0 Å². The molecule has 0 saturated carbocycles. The van der Waals surface area contributed by atoms with Crippen molar-refractivity contribution in [2.24, 2.45) is 0 Å². The van der Waals surface area contributed by atoms with E-state index in [1.54, 1.807) is 12.9 Å². The molecular formula is C17H21BN2O6. The fraction of sp³-hybridized carbons (Fsp3) is 0.471. The van der Waals surface area contributed by atoms with Gasteiger partial charge in [0.1, 0.15) is 18.9 Å². The van der Waals surface area contributed by atoms with E-state index in [2.05, 4.69) is 4.98 Å². The second-order valence-electron chi connectivity index (χ2n) is 6.69. The molecule has 0 radical (unpaired) electrons. The van der Waals surface area contributed by atoms with E-state index in [-0.39, 0.29) is 25.6 Å². The van der Waals surface area contributed by atoms with Crippen LogP contribution < -0.4 is 11.2 Å². The minimum atomic E-state index is -0.879. The summed E-state index contributed by atoms with van der Waals surface area (Å²) in [7, 11) is 0. The minimum Gasteiger partial charge on any atom is -0.470 e. The third-order valence-electron chi connectivity index (χ3n) is 4.64. The van der Waals surface area contributed by atoms with E-state index in [4.69, 9.17) is 9.47 Å². The highest BCUT2D eigenvalue weighted by Crippen LogP contribution is 2.28. The molecular weight excluding hydrogens is 339 g/mol. The summed E-state index contributed by atoms with van der Waals surface area (Å²) in [5.41, 5.74) is 0.406. The van der Waals surface area contributed by atoms with Crippen LogP contribution in [0.25, 0.3) is 0 Å². The number of nitrogens with one attached hydrogen (secondary N) is 1. The molecule has 9 heteroatoms. The molecule has 138 valence electrons. The van der Waals surface area contributed by atoms with Crippen molar-refractivity contribution in [3.05, 3.63) is 56.3 Å². The van der Waals surface area contributed by atoms with Crippen LogP contribution in [-0.2, 0) is 9.47 Å². The van der Waals surface area contributed by atoms with Crippen molar-refractivity contribution in [3.8, 4) is 0 Å². The largest absolute Gasteiger partial charge is 0.470 e. The number of aliphatic hydroxyl groups excluding tert-OH is 1. The summed E-state index contributed by atoms with van der Waals surface area (Å²) in [5.74, 6) is 1.43. The van der Waals surface area contributed by atoms with Gasteiger partial charge in [0.15, 0.2) is 0 Å². The van der Waals surface area contributed by atoms with Crippen LogP contribution in [0.4, 0.5) is 4.79 Å². The molecule has 2 aliphatic rings. The summed E-state index contributed by atoms with van der Waals surface area (Å²) < 4.78 is 12.2. The molecule has 0 unspecified atom stereocenters. The number of hydrogen-bond donors (Lipinski definition) is 2. The Bertz CT molecular complexity index is 871. The summed E-state index contributed by atoms with van der Waals surface area (Å²) in [4.78, 5) is 37.7. The predicted molar refractivity (Wildman–Crippen MR) is 95.4 cm³/mol. The zero-order valence-corrected chi connectivity index (χ0v) is 14.7. The van der Waals surface area contributed by atoms with E-state index < -0.39 is 29.7 Å². The van der Waals surface area contributed by atoms with Crippen molar-refractivity contribution in [3.63, 3.8) is 0 Å². The Balaban J connectivity index is 1.60. The Morgan fingerprint density at radius 1 is 1.46 bits per heavy atom. The predicted octanol–water partition coefficient (Wildman–Crippen LogP) is 0.762. The molecule has 0 bridgehead atoms. The third kappa shape index (κ3) is 3.89. The number of carbonyl (C=O) groups excluding carboxylic acids is 1. The number of aryl methyl sites for hydroxylation is 1. The van der Waals surface area contributed by atoms with E-state index in [0.29, 0.717) is 11.9 Å². The molecule has 0 aliphatic carbocycles. The lowest BCUT2D eigenvalue weighted by Crippen LogP contribution is -2.34. The molecule has 8 nitrogen and oxygen atoms in total. The van der Waals surface area contributed by atoms with Gasteiger partial charge in [-0.1, -0.05) is 17.7 Å². The van der Waals surface area contributed by atoms with Crippen molar-refractivity contribution >= 4 is 12.6 Å². The van der Waals surface area contributed by atoms with Gasteiger partial charge in [-0.3, -0.25) is 19.1 Å². The lowest BCUT2D eigenvalue weighted by molar-refractivity contribution is -0.0466. The van der Waals surface area contributed by atoms with Gasteiger partial charge in [-0.25, -0.2) is 4.79 Å². The van der Waals surface area contributed by atoms with Gasteiger partial charge in [0.05, 0.1) is 6.10 Å². The van der Waals surface area contributed by atoms with E-state index in [1.807, 2.05) is 19.1 Å².